The summed E-state index contributed by atoms with van der Waals surface area (Å²) in [5, 5.41) is 0. The minimum Gasteiger partial charge on any atom is -0.236 e. The van der Waals surface area contributed by atoms with Crippen LogP contribution in [0.2, 0.25) is 0 Å². The van der Waals surface area contributed by atoms with Gasteiger partial charge in [-0.1, -0.05) is 52.9 Å². The van der Waals surface area contributed by atoms with E-state index in [0.29, 0.717) is 6.10 Å². The lowest BCUT2D eigenvalue weighted by Crippen LogP contribution is -2.12. The summed E-state index contributed by atoms with van der Waals surface area (Å²) in [5.74, 6) is 0. The van der Waals surface area contributed by atoms with Crippen LogP contribution in [0.5, 0.6) is 0 Å². The smallest absolute Gasteiger partial charge is 0.0927 e. The standard InChI is InChI=1S/C13H28O2/c1-4-7-9-10-11-13(6-3)15-14-12-8-5-2/h13H,4-12H2,1-3H3. The Labute approximate surface area is 95.3 Å². The molecule has 92 valence electrons. The van der Waals surface area contributed by atoms with E-state index in [1.165, 1.54) is 25.7 Å². The molecular weight excluding hydrogens is 188 g/mol. The van der Waals surface area contributed by atoms with Crippen molar-refractivity contribution in [2.45, 2.75) is 78.2 Å². The molecular formula is C13H28O2. The summed E-state index contributed by atoms with van der Waals surface area (Å²) in [7, 11) is 0. The fourth-order valence-corrected chi connectivity index (χ4v) is 1.47. The Kier molecular flexibility index (Phi) is 11.9. The Balaban J connectivity index is 3.29. The third-order valence-electron chi connectivity index (χ3n) is 2.62. The van der Waals surface area contributed by atoms with Gasteiger partial charge in [-0.15, -0.1) is 0 Å². The molecule has 0 spiro atoms. The van der Waals surface area contributed by atoms with Crippen molar-refractivity contribution in [2.75, 3.05) is 6.61 Å². The van der Waals surface area contributed by atoms with Crippen LogP contribution in [-0.4, -0.2) is 12.7 Å². The van der Waals surface area contributed by atoms with Crippen molar-refractivity contribution < 1.29 is 9.78 Å². The number of hydrogen-bond donors (Lipinski definition) is 0. The maximum absolute atomic E-state index is 5.37. The zero-order valence-electron chi connectivity index (χ0n) is 10.8. The minimum atomic E-state index is 0.304. The second-order valence-electron chi connectivity index (χ2n) is 4.15. The van der Waals surface area contributed by atoms with Crippen molar-refractivity contribution in [3.63, 3.8) is 0 Å². The molecule has 1 unspecified atom stereocenters. The molecule has 2 heteroatoms. The first-order valence-corrected chi connectivity index (χ1v) is 6.63. The van der Waals surface area contributed by atoms with E-state index in [1.54, 1.807) is 0 Å². The molecule has 0 radical (unpaired) electrons. The maximum Gasteiger partial charge on any atom is 0.0927 e. The lowest BCUT2D eigenvalue weighted by molar-refractivity contribution is -0.326. The summed E-state index contributed by atoms with van der Waals surface area (Å²) < 4.78 is 0. The van der Waals surface area contributed by atoms with Gasteiger partial charge >= 0.3 is 0 Å². The van der Waals surface area contributed by atoms with E-state index in [2.05, 4.69) is 20.8 Å². The van der Waals surface area contributed by atoms with Gasteiger partial charge in [-0.2, -0.15) is 0 Å². The van der Waals surface area contributed by atoms with E-state index in [0.717, 1.165) is 32.3 Å². The van der Waals surface area contributed by atoms with Crippen LogP contribution in [0.1, 0.15) is 72.1 Å². The monoisotopic (exact) mass is 216 g/mol. The summed E-state index contributed by atoms with van der Waals surface area (Å²) in [6.45, 7) is 7.29. The molecule has 0 saturated heterocycles. The topological polar surface area (TPSA) is 18.5 Å². The van der Waals surface area contributed by atoms with Crippen LogP contribution in [0.15, 0.2) is 0 Å². The first-order valence-electron chi connectivity index (χ1n) is 6.63. The third kappa shape index (κ3) is 10.2. The Morgan fingerprint density at radius 1 is 0.867 bits per heavy atom. The zero-order chi connectivity index (χ0) is 11.4. The Hall–Kier alpha value is -0.0800. The van der Waals surface area contributed by atoms with Crippen LogP contribution in [0.4, 0.5) is 0 Å². The van der Waals surface area contributed by atoms with Crippen LogP contribution in [0.25, 0.3) is 0 Å². The van der Waals surface area contributed by atoms with Gasteiger partial charge in [0, 0.05) is 0 Å². The van der Waals surface area contributed by atoms with Crippen LogP contribution in [-0.2, 0) is 9.78 Å². The molecule has 0 aromatic heterocycles. The molecule has 0 aliphatic rings. The second-order valence-corrected chi connectivity index (χ2v) is 4.15. The summed E-state index contributed by atoms with van der Waals surface area (Å²) in [6.07, 6.45) is 9.98. The lowest BCUT2D eigenvalue weighted by Gasteiger charge is -2.14. The third-order valence-corrected chi connectivity index (χ3v) is 2.62. The maximum atomic E-state index is 5.37. The molecule has 0 aliphatic carbocycles. The molecule has 0 heterocycles. The summed E-state index contributed by atoms with van der Waals surface area (Å²) in [5.41, 5.74) is 0. The molecule has 0 saturated carbocycles. The van der Waals surface area contributed by atoms with Crippen molar-refractivity contribution in [1.82, 2.24) is 0 Å². The first-order chi connectivity index (χ1) is 7.35. The van der Waals surface area contributed by atoms with Gasteiger partial charge in [-0.25, -0.2) is 9.78 Å². The van der Waals surface area contributed by atoms with Crippen LogP contribution in [0, 0.1) is 0 Å². The quantitative estimate of drug-likeness (QED) is 0.288. The molecule has 0 amide bonds. The predicted molar refractivity (Wildman–Crippen MR) is 64.8 cm³/mol. The van der Waals surface area contributed by atoms with Gasteiger partial charge in [-0.05, 0) is 19.3 Å². The lowest BCUT2D eigenvalue weighted by atomic mass is 10.1. The van der Waals surface area contributed by atoms with Crippen molar-refractivity contribution in [3.8, 4) is 0 Å². The van der Waals surface area contributed by atoms with Crippen molar-refractivity contribution in [2.24, 2.45) is 0 Å². The molecule has 15 heavy (non-hydrogen) atoms. The van der Waals surface area contributed by atoms with E-state index in [9.17, 15) is 0 Å². The largest absolute Gasteiger partial charge is 0.236 e. The van der Waals surface area contributed by atoms with Crippen molar-refractivity contribution in [1.29, 1.82) is 0 Å². The highest BCUT2D eigenvalue weighted by Crippen LogP contribution is 2.11. The number of rotatable bonds is 11. The van der Waals surface area contributed by atoms with E-state index < -0.39 is 0 Å². The van der Waals surface area contributed by atoms with E-state index >= 15 is 0 Å². The fraction of sp³-hybridized carbons (Fsp3) is 1.00. The highest BCUT2D eigenvalue weighted by atomic mass is 17.2. The Morgan fingerprint density at radius 2 is 1.60 bits per heavy atom. The molecule has 0 aliphatic heterocycles. The van der Waals surface area contributed by atoms with E-state index in [1.807, 2.05) is 0 Å². The Morgan fingerprint density at radius 3 is 2.20 bits per heavy atom. The molecule has 1 atom stereocenters. The van der Waals surface area contributed by atoms with Gasteiger partial charge in [0.2, 0.25) is 0 Å². The summed E-state index contributed by atoms with van der Waals surface area (Å²) >= 11 is 0. The molecule has 0 aromatic carbocycles. The SMILES string of the molecule is CCCCCCC(CC)OOCCCC. The number of unbranched alkanes of at least 4 members (excludes halogenated alkanes) is 4. The average Bonchev–Trinajstić information content (AvgIpc) is 2.27. The molecule has 0 rings (SSSR count). The predicted octanol–water partition coefficient (Wildman–Crippen LogP) is 4.48. The van der Waals surface area contributed by atoms with E-state index in [-0.39, 0.29) is 0 Å². The molecule has 0 fully saturated rings. The molecule has 0 bridgehead atoms. The van der Waals surface area contributed by atoms with Gasteiger partial charge < -0.3 is 0 Å². The fourth-order valence-electron chi connectivity index (χ4n) is 1.47. The number of hydrogen-bond acceptors (Lipinski definition) is 2. The molecule has 0 N–H and O–H groups in total. The molecule has 2 nitrogen and oxygen atoms in total. The summed E-state index contributed by atoms with van der Waals surface area (Å²) in [4.78, 5) is 10.6. The van der Waals surface area contributed by atoms with Gasteiger partial charge in [0.15, 0.2) is 0 Å². The highest BCUT2D eigenvalue weighted by molar-refractivity contribution is 4.53. The first kappa shape index (κ1) is 14.9. The van der Waals surface area contributed by atoms with Crippen LogP contribution in [0.3, 0.4) is 0 Å². The van der Waals surface area contributed by atoms with Crippen LogP contribution < -0.4 is 0 Å². The zero-order valence-corrected chi connectivity index (χ0v) is 10.8. The molecule has 0 aromatic rings. The Bertz CT molecular complexity index is 103. The van der Waals surface area contributed by atoms with Crippen molar-refractivity contribution in [3.05, 3.63) is 0 Å². The van der Waals surface area contributed by atoms with Gasteiger partial charge in [0.25, 0.3) is 0 Å². The normalized spacial score (nSPS) is 13.0. The second kappa shape index (κ2) is 12.0. The average molecular weight is 216 g/mol. The van der Waals surface area contributed by atoms with E-state index in [4.69, 9.17) is 9.78 Å². The minimum absolute atomic E-state index is 0.304. The highest BCUT2D eigenvalue weighted by Gasteiger charge is 2.06. The van der Waals surface area contributed by atoms with Gasteiger partial charge in [0.05, 0.1) is 12.7 Å². The summed E-state index contributed by atoms with van der Waals surface area (Å²) in [6, 6.07) is 0. The van der Waals surface area contributed by atoms with Gasteiger partial charge in [-0.3, -0.25) is 0 Å². The van der Waals surface area contributed by atoms with Crippen molar-refractivity contribution >= 4 is 0 Å². The van der Waals surface area contributed by atoms with Gasteiger partial charge in [0.1, 0.15) is 0 Å². The van der Waals surface area contributed by atoms with Crippen LogP contribution >= 0.6 is 0 Å².